The highest BCUT2D eigenvalue weighted by Gasteiger charge is 2.38. The molecule has 0 bridgehead atoms. The van der Waals surface area contributed by atoms with Crippen LogP contribution in [0.25, 0.3) is 0 Å². The molecule has 2 heteroatoms. The molecule has 1 aromatic carbocycles. The van der Waals surface area contributed by atoms with Crippen LogP contribution in [0.5, 0.6) is 0 Å². The first-order chi connectivity index (χ1) is 9.16. The number of hydrogen-bond acceptors (Lipinski definition) is 2. The maximum Gasteiger partial charge on any atom is 0.0724 e. The first-order valence-electron chi connectivity index (χ1n) is 7.64. The van der Waals surface area contributed by atoms with Gasteiger partial charge in [-0.3, -0.25) is 4.90 Å². The summed E-state index contributed by atoms with van der Waals surface area (Å²) in [6.07, 6.45) is 5.15. The lowest BCUT2D eigenvalue weighted by Gasteiger charge is -2.42. The molecule has 1 N–H and O–H groups in total. The lowest BCUT2D eigenvalue weighted by atomic mass is 9.86. The number of nitrogens with zero attached hydrogens (tertiary/aromatic N) is 1. The Labute approximate surface area is 117 Å². The first-order valence-corrected chi connectivity index (χ1v) is 7.64. The largest absolute Gasteiger partial charge is 0.391 e. The third kappa shape index (κ3) is 3.37. The third-order valence-corrected chi connectivity index (χ3v) is 4.81. The highest BCUT2D eigenvalue weighted by atomic mass is 16.3. The minimum atomic E-state index is -0.240. The molecule has 0 radical (unpaired) electrons. The molecule has 0 spiro atoms. The Morgan fingerprint density at radius 2 is 1.84 bits per heavy atom. The second kappa shape index (κ2) is 6.53. The summed E-state index contributed by atoms with van der Waals surface area (Å²) in [6, 6.07) is 10.5. The molecule has 0 aliphatic carbocycles. The van der Waals surface area contributed by atoms with E-state index in [2.05, 4.69) is 43.0 Å². The molecule has 1 aromatic rings. The minimum absolute atomic E-state index is 0.0503. The fraction of sp³-hybridized carbons (Fsp3) is 0.647. The highest BCUT2D eigenvalue weighted by Crippen LogP contribution is 2.30. The van der Waals surface area contributed by atoms with Crippen molar-refractivity contribution in [2.75, 3.05) is 13.1 Å². The van der Waals surface area contributed by atoms with E-state index in [-0.39, 0.29) is 11.6 Å². The van der Waals surface area contributed by atoms with Gasteiger partial charge in [-0.1, -0.05) is 37.3 Å². The Balaban J connectivity index is 1.94. The maximum absolute atomic E-state index is 10.6. The van der Waals surface area contributed by atoms with Gasteiger partial charge < -0.3 is 5.11 Å². The van der Waals surface area contributed by atoms with Crippen LogP contribution < -0.4 is 0 Å². The summed E-state index contributed by atoms with van der Waals surface area (Å²) in [6.45, 7) is 6.72. The molecular weight excluding hydrogens is 234 g/mol. The van der Waals surface area contributed by atoms with E-state index >= 15 is 0 Å². The molecule has 1 aliphatic heterocycles. The maximum atomic E-state index is 10.6. The Morgan fingerprint density at radius 3 is 2.42 bits per heavy atom. The summed E-state index contributed by atoms with van der Waals surface area (Å²) in [5, 5.41) is 10.6. The van der Waals surface area contributed by atoms with Gasteiger partial charge in [-0.2, -0.15) is 0 Å². The summed E-state index contributed by atoms with van der Waals surface area (Å²) >= 11 is 0. The SMILES string of the molecule is CCC(C)(C(O)CCc1ccccc1)N1CCCC1. The van der Waals surface area contributed by atoms with Crippen molar-refractivity contribution in [1.29, 1.82) is 0 Å². The van der Waals surface area contributed by atoms with E-state index in [9.17, 15) is 5.11 Å². The van der Waals surface area contributed by atoms with Crippen molar-refractivity contribution in [3.05, 3.63) is 35.9 Å². The van der Waals surface area contributed by atoms with Crippen LogP contribution in [0, 0.1) is 0 Å². The molecule has 1 saturated heterocycles. The van der Waals surface area contributed by atoms with Crippen molar-refractivity contribution in [2.45, 2.75) is 57.6 Å². The van der Waals surface area contributed by atoms with Crippen molar-refractivity contribution in [3.8, 4) is 0 Å². The van der Waals surface area contributed by atoms with Gasteiger partial charge in [0.15, 0.2) is 0 Å². The molecule has 1 heterocycles. The van der Waals surface area contributed by atoms with Crippen molar-refractivity contribution in [3.63, 3.8) is 0 Å². The summed E-state index contributed by atoms with van der Waals surface area (Å²) in [5.74, 6) is 0. The van der Waals surface area contributed by atoms with E-state index in [0.717, 1.165) is 32.4 Å². The molecule has 2 unspecified atom stereocenters. The zero-order chi connectivity index (χ0) is 13.7. The average molecular weight is 261 g/mol. The molecule has 1 aliphatic rings. The Hall–Kier alpha value is -0.860. The van der Waals surface area contributed by atoms with Gasteiger partial charge in [0.2, 0.25) is 0 Å². The molecular formula is C17H27NO. The van der Waals surface area contributed by atoms with Crippen molar-refractivity contribution >= 4 is 0 Å². The van der Waals surface area contributed by atoms with Crippen LogP contribution in [0.1, 0.15) is 45.1 Å². The van der Waals surface area contributed by atoms with Gasteiger partial charge >= 0.3 is 0 Å². The third-order valence-electron chi connectivity index (χ3n) is 4.81. The zero-order valence-corrected chi connectivity index (χ0v) is 12.3. The van der Waals surface area contributed by atoms with Crippen molar-refractivity contribution < 1.29 is 5.11 Å². The van der Waals surface area contributed by atoms with Gasteiger partial charge in [-0.25, -0.2) is 0 Å². The summed E-state index contributed by atoms with van der Waals surface area (Å²) in [5.41, 5.74) is 1.27. The van der Waals surface area contributed by atoms with E-state index in [4.69, 9.17) is 0 Å². The van der Waals surface area contributed by atoms with Crippen LogP contribution in [0.4, 0.5) is 0 Å². The smallest absolute Gasteiger partial charge is 0.0724 e. The van der Waals surface area contributed by atoms with Crippen LogP contribution in [-0.4, -0.2) is 34.7 Å². The van der Waals surface area contributed by atoms with E-state index in [0.29, 0.717) is 0 Å². The van der Waals surface area contributed by atoms with Crippen LogP contribution >= 0.6 is 0 Å². The fourth-order valence-corrected chi connectivity index (χ4v) is 3.16. The molecule has 2 atom stereocenters. The lowest BCUT2D eigenvalue weighted by Crippen LogP contribution is -2.53. The molecule has 0 saturated carbocycles. The van der Waals surface area contributed by atoms with E-state index < -0.39 is 0 Å². The standard InChI is InChI=1S/C17H27NO/c1-3-17(2,18-13-7-8-14-18)16(19)12-11-15-9-5-4-6-10-15/h4-6,9-10,16,19H,3,7-8,11-14H2,1-2H3. The van der Waals surface area contributed by atoms with Gasteiger partial charge in [-0.05, 0) is 57.7 Å². The first kappa shape index (κ1) is 14.5. The topological polar surface area (TPSA) is 23.5 Å². The van der Waals surface area contributed by atoms with Crippen LogP contribution in [0.15, 0.2) is 30.3 Å². The van der Waals surface area contributed by atoms with Crippen LogP contribution in [0.3, 0.4) is 0 Å². The Morgan fingerprint density at radius 1 is 1.21 bits per heavy atom. The van der Waals surface area contributed by atoms with Crippen LogP contribution in [0.2, 0.25) is 0 Å². The average Bonchev–Trinajstić information content (AvgIpc) is 2.99. The number of aliphatic hydroxyl groups is 1. The number of hydrogen-bond donors (Lipinski definition) is 1. The summed E-state index contributed by atoms with van der Waals surface area (Å²) in [4.78, 5) is 2.49. The monoisotopic (exact) mass is 261 g/mol. The molecule has 1 fully saturated rings. The number of benzene rings is 1. The van der Waals surface area contributed by atoms with Crippen molar-refractivity contribution in [2.24, 2.45) is 0 Å². The quantitative estimate of drug-likeness (QED) is 0.849. The van der Waals surface area contributed by atoms with E-state index in [1.165, 1.54) is 18.4 Å². The van der Waals surface area contributed by atoms with E-state index in [1.54, 1.807) is 0 Å². The van der Waals surface area contributed by atoms with Crippen molar-refractivity contribution in [1.82, 2.24) is 4.90 Å². The van der Waals surface area contributed by atoms with E-state index in [1.807, 2.05) is 6.07 Å². The number of aryl methyl sites for hydroxylation is 1. The van der Waals surface area contributed by atoms with Gasteiger partial charge in [0.25, 0.3) is 0 Å². The second-order valence-electron chi connectivity index (χ2n) is 5.94. The Kier molecular flexibility index (Phi) is 5.00. The number of aliphatic hydroxyl groups excluding tert-OH is 1. The summed E-state index contributed by atoms with van der Waals surface area (Å²) in [7, 11) is 0. The predicted molar refractivity (Wildman–Crippen MR) is 80.3 cm³/mol. The fourth-order valence-electron chi connectivity index (χ4n) is 3.16. The highest BCUT2D eigenvalue weighted by molar-refractivity contribution is 5.15. The van der Waals surface area contributed by atoms with Gasteiger partial charge in [0.1, 0.15) is 0 Å². The lowest BCUT2D eigenvalue weighted by molar-refractivity contribution is -0.0163. The van der Waals surface area contributed by atoms with Gasteiger partial charge in [-0.15, -0.1) is 0 Å². The van der Waals surface area contributed by atoms with Gasteiger partial charge in [0.05, 0.1) is 6.10 Å². The van der Waals surface area contributed by atoms with Gasteiger partial charge in [0, 0.05) is 5.54 Å². The summed E-state index contributed by atoms with van der Waals surface area (Å²) < 4.78 is 0. The molecule has 2 nitrogen and oxygen atoms in total. The molecule has 19 heavy (non-hydrogen) atoms. The van der Waals surface area contributed by atoms with Crippen LogP contribution in [-0.2, 0) is 6.42 Å². The normalized spacial score (nSPS) is 21.2. The Bertz CT molecular complexity index is 372. The predicted octanol–water partition coefficient (Wildman–Crippen LogP) is 3.24. The molecule has 2 rings (SSSR count). The molecule has 0 aromatic heterocycles. The molecule has 0 amide bonds. The number of likely N-dealkylation sites (tertiary alicyclic amines) is 1. The molecule has 106 valence electrons. The second-order valence-corrected chi connectivity index (χ2v) is 5.94. The zero-order valence-electron chi connectivity index (χ0n) is 12.3. The minimum Gasteiger partial charge on any atom is -0.391 e. The number of rotatable bonds is 6.